The maximum absolute atomic E-state index is 5.93. The van der Waals surface area contributed by atoms with E-state index in [1.54, 1.807) is 0 Å². The smallest absolute Gasteiger partial charge is 0.0372 e. The first-order chi connectivity index (χ1) is 8.58. The Morgan fingerprint density at radius 2 is 1.94 bits per heavy atom. The van der Waals surface area contributed by atoms with Crippen LogP contribution in [-0.2, 0) is 0 Å². The lowest BCUT2D eigenvalue weighted by Crippen LogP contribution is -2.36. The van der Waals surface area contributed by atoms with Crippen LogP contribution in [0.1, 0.15) is 45.1 Å². The molecule has 0 aliphatic heterocycles. The van der Waals surface area contributed by atoms with Crippen molar-refractivity contribution in [2.75, 3.05) is 17.2 Å². The van der Waals surface area contributed by atoms with E-state index in [4.69, 9.17) is 5.73 Å². The average molecular weight is 246 g/mol. The van der Waals surface area contributed by atoms with Crippen molar-refractivity contribution in [3.8, 4) is 0 Å². The van der Waals surface area contributed by atoms with Crippen LogP contribution in [0.4, 0.5) is 11.4 Å². The van der Waals surface area contributed by atoms with Crippen molar-refractivity contribution in [1.82, 2.24) is 0 Å². The van der Waals surface area contributed by atoms with Gasteiger partial charge in [-0.15, -0.1) is 0 Å². The van der Waals surface area contributed by atoms with Gasteiger partial charge in [-0.2, -0.15) is 0 Å². The van der Waals surface area contributed by atoms with E-state index in [-0.39, 0.29) is 0 Å². The highest BCUT2D eigenvalue weighted by atomic mass is 15.2. The van der Waals surface area contributed by atoms with Gasteiger partial charge >= 0.3 is 0 Å². The summed E-state index contributed by atoms with van der Waals surface area (Å²) in [6, 6.07) is 7.21. The van der Waals surface area contributed by atoms with Gasteiger partial charge in [-0.3, -0.25) is 0 Å². The van der Waals surface area contributed by atoms with Crippen LogP contribution in [0.25, 0.3) is 0 Å². The van der Waals surface area contributed by atoms with E-state index >= 15 is 0 Å². The molecule has 2 N–H and O–H groups in total. The van der Waals surface area contributed by atoms with E-state index in [1.165, 1.54) is 36.9 Å². The summed E-state index contributed by atoms with van der Waals surface area (Å²) in [5.41, 5.74) is 9.37. The van der Waals surface area contributed by atoms with Crippen molar-refractivity contribution in [2.24, 2.45) is 5.92 Å². The minimum atomic E-state index is 0.698. The standard InChI is InChI=1S/C16H26N2/c1-12(2)11-18(14-6-4-5-7-14)15-8-9-16(17)13(3)10-15/h8-10,12,14H,4-7,11,17H2,1-3H3. The fraction of sp³-hybridized carbons (Fsp3) is 0.625. The normalized spacial score (nSPS) is 16.4. The van der Waals surface area contributed by atoms with Gasteiger partial charge in [0.15, 0.2) is 0 Å². The molecule has 2 rings (SSSR count). The minimum Gasteiger partial charge on any atom is -0.399 e. The monoisotopic (exact) mass is 246 g/mol. The largest absolute Gasteiger partial charge is 0.399 e. The summed E-state index contributed by atoms with van der Waals surface area (Å²) >= 11 is 0. The van der Waals surface area contributed by atoms with Crippen LogP contribution in [0.15, 0.2) is 18.2 Å². The summed E-state index contributed by atoms with van der Waals surface area (Å²) in [6.45, 7) is 7.84. The molecule has 1 saturated carbocycles. The Bertz CT molecular complexity index is 392. The Labute approximate surface area is 111 Å². The van der Waals surface area contributed by atoms with Crippen molar-refractivity contribution < 1.29 is 0 Å². The zero-order valence-corrected chi connectivity index (χ0v) is 11.9. The first-order valence-corrected chi connectivity index (χ1v) is 7.20. The number of rotatable bonds is 4. The number of hydrogen-bond acceptors (Lipinski definition) is 2. The van der Waals surface area contributed by atoms with Gasteiger partial charge in [0.25, 0.3) is 0 Å². The third-order valence-corrected chi connectivity index (χ3v) is 3.91. The maximum atomic E-state index is 5.93. The van der Waals surface area contributed by atoms with Gasteiger partial charge in [0.1, 0.15) is 0 Å². The maximum Gasteiger partial charge on any atom is 0.0372 e. The number of hydrogen-bond donors (Lipinski definition) is 1. The number of nitrogens with zero attached hydrogens (tertiary/aromatic N) is 1. The SMILES string of the molecule is Cc1cc(N(CC(C)C)C2CCCC2)ccc1N. The highest BCUT2D eigenvalue weighted by Crippen LogP contribution is 2.30. The molecule has 0 amide bonds. The summed E-state index contributed by atoms with van der Waals surface area (Å²) in [5.74, 6) is 0.698. The molecule has 0 aromatic heterocycles. The van der Waals surface area contributed by atoms with Crippen LogP contribution in [0.3, 0.4) is 0 Å². The van der Waals surface area contributed by atoms with E-state index < -0.39 is 0 Å². The second-order valence-electron chi connectivity index (χ2n) is 6.03. The molecule has 0 unspecified atom stereocenters. The van der Waals surface area contributed by atoms with Gasteiger partial charge in [0.05, 0.1) is 0 Å². The molecule has 2 heteroatoms. The van der Waals surface area contributed by atoms with Crippen LogP contribution in [0.5, 0.6) is 0 Å². The zero-order valence-electron chi connectivity index (χ0n) is 11.9. The molecular formula is C16H26N2. The Balaban J connectivity index is 2.23. The first-order valence-electron chi connectivity index (χ1n) is 7.20. The molecule has 1 aliphatic rings. The molecule has 0 spiro atoms. The van der Waals surface area contributed by atoms with Crippen LogP contribution >= 0.6 is 0 Å². The molecule has 1 aliphatic carbocycles. The Morgan fingerprint density at radius 1 is 1.28 bits per heavy atom. The highest BCUT2D eigenvalue weighted by Gasteiger charge is 2.23. The Morgan fingerprint density at radius 3 is 2.50 bits per heavy atom. The highest BCUT2D eigenvalue weighted by molar-refractivity contribution is 5.58. The lowest BCUT2D eigenvalue weighted by Gasteiger charge is -2.33. The average Bonchev–Trinajstić information content (AvgIpc) is 2.83. The zero-order chi connectivity index (χ0) is 13.1. The number of benzene rings is 1. The molecule has 0 bridgehead atoms. The molecule has 0 radical (unpaired) electrons. The van der Waals surface area contributed by atoms with Gasteiger partial charge in [0.2, 0.25) is 0 Å². The minimum absolute atomic E-state index is 0.698. The quantitative estimate of drug-likeness (QED) is 0.814. The third kappa shape index (κ3) is 2.98. The lowest BCUT2D eigenvalue weighted by molar-refractivity contribution is 0.536. The van der Waals surface area contributed by atoms with E-state index in [9.17, 15) is 0 Å². The summed E-state index contributed by atoms with van der Waals surface area (Å²) < 4.78 is 0. The predicted octanol–water partition coefficient (Wildman–Crippen LogP) is 3.98. The number of anilines is 2. The molecular weight excluding hydrogens is 220 g/mol. The van der Waals surface area contributed by atoms with Crippen molar-refractivity contribution >= 4 is 11.4 Å². The van der Waals surface area contributed by atoms with Crippen LogP contribution < -0.4 is 10.6 Å². The van der Waals surface area contributed by atoms with Crippen molar-refractivity contribution in [2.45, 2.75) is 52.5 Å². The molecule has 0 saturated heterocycles. The summed E-state index contributed by atoms with van der Waals surface area (Å²) in [5, 5.41) is 0. The molecule has 1 aromatic carbocycles. The van der Waals surface area contributed by atoms with E-state index in [2.05, 4.69) is 37.8 Å². The second kappa shape index (κ2) is 5.64. The topological polar surface area (TPSA) is 29.3 Å². The van der Waals surface area contributed by atoms with Crippen molar-refractivity contribution in [3.63, 3.8) is 0 Å². The Kier molecular flexibility index (Phi) is 4.15. The molecule has 18 heavy (non-hydrogen) atoms. The van der Waals surface area contributed by atoms with Crippen LogP contribution in [0, 0.1) is 12.8 Å². The lowest BCUT2D eigenvalue weighted by atomic mass is 10.1. The number of nitrogens with two attached hydrogens (primary N) is 1. The molecule has 100 valence electrons. The fourth-order valence-corrected chi connectivity index (χ4v) is 2.91. The fourth-order valence-electron chi connectivity index (χ4n) is 2.91. The van der Waals surface area contributed by atoms with E-state index in [0.717, 1.165) is 18.3 Å². The molecule has 1 aromatic rings. The molecule has 0 heterocycles. The molecule has 1 fully saturated rings. The third-order valence-electron chi connectivity index (χ3n) is 3.91. The molecule has 2 nitrogen and oxygen atoms in total. The van der Waals surface area contributed by atoms with Gasteiger partial charge in [-0.05, 0) is 49.4 Å². The number of nitrogen functional groups attached to an aromatic ring is 1. The summed E-state index contributed by atoms with van der Waals surface area (Å²) in [6.07, 6.45) is 5.45. The summed E-state index contributed by atoms with van der Waals surface area (Å²) in [7, 11) is 0. The van der Waals surface area contributed by atoms with Crippen LogP contribution in [0.2, 0.25) is 0 Å². The van der Waals surface area contributed by atoms with Gasteiger partial charge in [0, 0.05) is 24.0 Å². The summed E-state index contributed by atoms with van der Waals surface area (Å²) in [4.78, 5) is 2.60. The van der Waals surface area contributed by atoms with Crippen molar-refractivity contribution in [3.05, 3.63) is 23.8 Å². The first kappa shape index (κ1) is 13.3. The van der Waals surface area contributed by atoms with Gasteiger partial charge in [-0.25, -0.2) is 0 Å². The predicted molar refractivity (Wildman–Crippen MR) is 80.0 cm³/mol. The number of aryl methyl sites for hydroxylation is 1. The van der Waals surface area contributed by atoms with Gasteiger partial charge < -0.3 is 10.6 Å². The molecule has 0 atom stereocenters. The van der Waals surface area contributed by atoms with Crippen molar-refractivity contribution in [1.29, 1.82) is 0 Å². The van der Waals surface area contributed by atoms with E-state index in [1.807, 2.05) is 6.07 Å². The second-order valence-corrected chi connectivity index (χ2v) is 6.03. The Hall–Kier alpha value is -1.18. The van der Waals surface area contributed by atoms with E-state index in [0.29, 0.717) is 5.92 Å². The van der Waals surface area contributed by atoms with Crippen LogP contribution in [-0.4, -0.2) is 12.6 Å². The van der Waals surface area contributed by atoms with Gasteiger partial charge in [-0.1, -0.05) is 26.7 Å².